The third-order valence-corrected chi connectivity index (χ3v) is 6.69. The molecule has 0 aromatic heterocycles. The monoisotopic (exact) mass is 414 g/mol. The molecular formula is C21H19FN2O4S. The van der Waals surface area contributed by atoms with Crippen LogP contribution in [0.3, 0.4) is 0 Å². The molecule has 8 heteroatoms. The van der Waals surface area contributed by atoms with Gasteiger partial charge in [0.2, 0.25) is 5.91 Å². The molecule has 0 bridgehead atoms. The van der Waals surface area contributed by atoms with Crippen LogP contribution in [0, 0.1) is 5.82 Å². The number of esters is 1. The molecule has 2 aliphatic rings. The maximum absolute atomic E-state index is 12.9. The molecule has 29 heavy (non-hydrogen) atoms. The highest BCUT2D eigenvalue weighted by atomic mass is 32.2. The number of hydrogen-bond donors (Lipinski definition) is 1. The fourth-order valence-electron chi connectivity index (χ4n) is 3.78. The molecule has 2 fully saturated rings. The second-order valence-corrected chi connectivity index (χ2v) is 8.20. The molecule has 2 heterocycles. The van der Waals surface area contributed by atoms with Crippen LogP contribution >= 0.6 is 11.8 Å². The van der Waals surface area contributed by atoms with E-state index in [0.717, 1.165) is 5.56 Å². The Morgan fingerprint density at radius 3 is 2.62 bits per heavy atom. The molecule has 0 spiro atoms. The molecule has 150 valence electrons. The van der Waals surface area contributed by atoms with Crippen molar-refractivity contribution in [2.75, 3.05) is 17.7 Å². The number of carbonyl (C=O) groups is 3. The van der Waals surface area contributed by atoms with E-state index in [4.69, 9.17) is 4.74 Å². The number of halogens is 1. The zero-order chi connectivity index (χ0) is 20.4. The standard InChI is InChI=1S/C21H19FN2O4S/c22-15-6-8-16(9-7-15)23-18(25)12-28-20(27)17-13-29-21(11-10-19(26)24(17)21)14-4-2-1-3-5-14/h1-9,17H,10-13H2,(H,23,25)/t17-,21+/m0/s1. The summed E-state index contributed by atoms with van der Waals surface area (Å²) in [6.45, 7) is -0.474. The summed E-state index contributed by atoms with van der Waals surface area (Å²) in [5.41, 5.74) is 1.39. The van der Waals surface area contributed by atoms with Gasteiger partial charge in [0, 0.05) is 17.9 Å². The summed E-state index contributed by atoms with van der Waals surface area (Å²) < 4.78 is 18.1. The minimum Gasteiger partial charge on any atom is -0.454 e. The molecule has 2 aromatic rings. The fourth-order valence-corrected chi connectivity index (χ4v) is 5.42. The number of amides is 2. The zero-order valence-electron chi connectivity index (χ0n) is 15.5. The normalized spacial score (nSPS) is 23.0. The number of rotatable bonds is 5. The molecule has 0 aliphatic carbocycles. The van der Waals surface area contributed by atoms with Gasteiger partial charge >= 0.3 is 5.97 Å². The Morgan fingerprint density at radius 2 is 1.90 bits per heavy atom. The maximum atomic E-state index is 12.9. The minimum absolute atomic E-state index is 0.0865. The highest BCUT2D eigenvalue weighted by Gasteiger charge is 2.57. The summed E-state index contributed by atoms with van der Waals surface area (Å²) in [5.74, 6) is -1.21. The molecule has 6 nitrogen and oxygen atoms in total. The first-order chi connectivity index (χ1) is 14.0. The second kappa shape index (κ2) is 7.87. The van der Waals surface area contributed by atoms with Gasteiger partial charge in [0.25, 0.3) is 5.91 Å². The number of fused-ring (bicyclic) bond motifs is 1. The molecule has 4 rings (SSSR count). The van der Waals surface area contributed by atoms with Gasteiger partial charge in [-0.15, -0.1) is 11.8 Å². The number of anilines is 1. The topological polar surface area (TPSA) is 75.7 Å². The van der Waals surface area contributed by atoms with Gasteiger partial charge in [0.1, 0.15) is 16.7 Å². The van der Waals surface area contributed by atoms with Gasteiger partial charge in [-0.25, -0.2) is 9.18 Å². The van der Waals surface area contributed by atoms with Crippen molar-refractivity contribution in [3.8, 4) is 0 Å². The van der Waals surface area contributed by atoms with Gasteiger partial charge in [-0.3, -0.25) is 9.59 Å². The van der Waals surface area contributed by atoms with E-state index in [2.05, 4.69) is 5.32 Å². The summed E-state index contributed by atoms with van der Waals surface area (Å²) in [6, 6.07) is 14.2. The molecule has 2 aliphatic heterocycles. The zero-order valence-corrected chi connectivity index (χ0v) is 16.3. The Labute approximate surface area is 171 Å². The predicted molar refractivity (Wildman–Crippen MR) is 106 cm³/mol. The van der Waals surface area contributed by atoms with Crippen LogP contribution in [0.25, 0.3) is 0 Å². The number of carbonyl (C=O) groups excluding carboxylic acids is 3. The lowest BCUT2D eigenvalue weighted by Gasteiger charge is -2.33. The molecule has 2 aromatic carbocycles. The Morgan fingerprint density at radius 1 is 1.17 bits per heavy atom. The Bertz CT molecular complexity index is 937. The Kier molecular flexibility index (Phi) is 5.27. The number of hydrogen-bond acceptors (Lipinski definition) is 5. The van der Waals surface area contributed by atoms with E-state index in [1.54, 1.807) is 16.7 Å². The van der Waals surface area contributed by atoms with Crippen LogP contribution in [0.4, 0.5) is 10.1 Å². The van der Waals surface area contributed by atoms with Crippen molar-refractivity contribution in [2.45, 2.75) is 23.8 Å². The molecule has 1 N–H and O–H groups in total. The van der Waals surface area contributed by atoms with Crippen LogP contribution in [0.2, 0.25) is 0 Å². The highest BCUT2D eigenvalue weighted by molar-refractivity contribution is 8.00. The van der Waals surface area contributed by atoms with Gasteiger partial charge in [0.05, 0.1) is 0 Å². The number of thioether (sulfide) groups is 1. The summed E-state index contributed by atoms with van der Waals surface area (Å²) in [4.78, 5) is 38.3. The summed E-state index contributed by atoms with van der Waals surface area (Å²) in [6.07, 6.45) is 1.01. The van der Waals surface area contributed by atoms with Crippen molar-refractivity contribution in [2.24, 2.45) is 0 Å². The van der Waals surface area contributed by atoms with Crippen molar-refractivity contribution >= 4 is 35.2 Å². The smallest absolute Gasteiger partial charge is 0.330 e. The van der Waals surface area contributed by atoms with Crippen LogP contribution in [-0.4, -0.2) is 41.1 Å². The average molecular weight is 414 g/mol. The van der Waals surface area contributed by atoms with Gasteiger partial charge in [-0.1, -0.05) is 30.3 Å². The lowest BCUT2D eigenvalue weighted by molar-refractivity contribution is -0.155. The predicted octanol–water partition coefficient (Wildman–Crippen LogP) is 2.90. The quantitative estimate of drug-likeness (QED) is 0.762. The van der Waals surface area contributed by atoms with Crippen LogP contribution in [0.15, 0.2) is 54.6 Å². The third kappa shape index (κ3) is 3.72. The Balaban J connectivity index is 1.41. The molecule has 0 radical (unpaired) electrons. The van der Waals surface area contributed by atoms with Crippen molar-refractivity contribution < 1.29 is 23.5 Å². The molecular weight excluding hydrogens is 395 g/mol. The van der Waals surface area contributed by atoms with E-state index >= 15 is 0 Å². The van der Waals surface area contributed by atoms with Crippen LogP contribution < -0.4 is 5.32 Å². The Hall–Kier alpha value is -2.87. The van der Waals surface area contributed by atoms with Gasteiger partial charge < -0.3 is 15.0 Å². The van der Waals surface area contributed by atoms with Crippen LogP contribution in [-0.2, 0) is 24.0 Å². The van der Waals surface area contributed by atoms with Gasteiger partial charge in [-0.2, -0.15) is 0 Å². The summed E-state index contributed by atoms with van der Waals surface area (Å²) in [5, 5.41) is 2.53. The molecule has 2 saturated heterocycles. The minimum atomic E-state index is -0.728. The SMILES string of the molecule is O=C(COC(=O)[C@@H]1CS[C@@]2(c3ccccc3)CCC(=O)N12)Nc1ccc(F)cc1. The van der Waals surface area contributed by atoms with E-state index in [1.165, 1.54) is 24.3 Å². The second-order valence-electron chi connectivity index (χ2n) is 6.90. The lowest BCUT2D eigenvalue weighted by atomic mass is 10.0. The average Bonchev–Trinajstić information content (AvgIpc) is 3.28. The number of ether oxygens (including phenoxy) is 1. The van der Waals surface area contributed by atoms with Crippen LogP contribution in [0.5, 0.6) is 0 Å². The number of nitrogens with one attached hydrogen (secondary N) is 1. The van der Waals surface area contributed by atoms with E-state index < -0.39 is 35.2 Å². The fraction of sp³-hybridized carbons (Fsp3) is 0.286. The molecule has 2 amide bonds. The van der Waals surface area contributed by atoms with E-state index in [-0.39, 0.29) is 5.91 Å². The lowest BCUT2D eigenvalue weighted by Crippen LogP contribution is -2.47. The van der Waals surface area contributed by atoms with Crippen molar-refractivity contribution in [1.82, 2.24) is 4.90 Å². The third-order valence-electron chi connectivity index (χ3n) is 5.10. The van der Waals surface area contributed by atoms with Gasteiger partial charge in [0.15, 0.2) is 6.61 Å². The summed E-state index contributed by atoms with van der Waals surface area (Å²) in [7, 11) is 0. The first kappa shape index (κ1) is 19.4. The molecule has 2 atom stereocenters. The van der Waals surface area contributed by atoms with E-state index in [1.807, 2.05) is 30.3 Å². The number of benzene rings is 2. The van der Waals surface area contributed by atoms with Crippen molar-refractivity contribution in [3.05, 3.63) is 66.0 Å². The first-order valence-corrected chi connectivity index (χ1v) is 10.2. The van der Waals surface area contributed by atoms with Crippen molar-refractivity contribution in [3.63, 3.8) is 0 Å². The molecule has 0 saturated carbocycles. The van der Waals surface area contributed by atoms with Crippen LogP contribution in [0.1, 0.15) is 18.4 Å². The maximum Gasteiger partial charge on any atom is 0.330 e. The van der Waals surface area contributed by atoms with E-state index in [0.29, 0.717) is 24.3 Å². The number of nitrogens with zero attached hydrogens (tertiary/aromatic N) is 1. The first-order valence-electron chi connectivity index (χ1n) is 9.23. The van der Waals surface area contributed by atoms with Gasteiger partial charge in [-0.05, 0) is 36.2 Å². The van der Waals surface area contributed by atoms with E-state index in [9.17, 15) is 18.8 Å². The largest absolute Gasteiger partial charge is 0.454 e. The van der Waals surface area contributed by atoms with Crippen molar-refractivity contribution in [1.29, 1.82) is 0 Å². The molecule has 0 unspecified atom stereocenters. The summed E-state index contributed by atoms with van der Waals surface area (Å²) >= 11 is 1.56. The highest BCUT2D eigenvalue weighted by Crippen LogP contribution is 2.54.